The van der Waals surface area contributed by atoms with Crippen LogP contribution in [-0.2, 0) is 20.9 Å². The fraction of sp³-hybridized carbons (Fsp3) is 0.469. The first-order valence-corrected chi connectivity index (χ1v) is 21.9. The van der Waals surface area contributed by atoms with Crippen molar-refractivity contribution in [3.05, 3.63) is 119 Å². The molecule has 2 fully saturated rings. The number of hydrogen-bond acceptors (Lipinski definition) is 11. The van der Waals surface area contributed by atoms with Gasteiger partial charge >= 0.3 is 6.09 Å². The summed E-state index contributed by atoms with van der Waals surface area (Å²) < 4.78 is 26.1. The smallest absolute Gasteiger partial charge is 0.412 e. The monoisotopic (exact) mass is 846 g/mol. The molecule has 4 aliphatic rings. The largest absolute Gasteiger partial charge is 0.459 e. The predicted molar refractivity (Wildman–Crippen MR) is 232 cm³/mol. The van der Waals surface area contributed by atoms with E-state index in [0.717, 1.165) is 55.2 Å². The van der Waals surface area contributed by atoms with Crippen LogP contribution in [0.3, 0.4) is 0 Å². The molecule has 7 unspecified atom stereocenters. The summed E-state index contributed by atoms with van der Waals surface area (Å²) in [4.78, 5) is 35.7. The number of fused-ring (bicyclic) bond motifs is 2. The van der Waals surface area contributed by atoms with Crippen molar-refractivity contribution in [3.8, 4) is 17.6 Å². The Morgan fingerprint density at radius 1 is 1.03 bits per heavy atom. The minimum absolute atomic E-state index is 0.0176. The molecule has 3 aromatic carbocycles. The maximum absolute atomic E-state index is 14.6. The molecule has 328 valence electrons. The predicted octanol–water partition coefficient (Wildman–Crippen LogP) is 7.78. The number of likely N-dealkylation sites (N-methyl/N-ethyl adjacent to an activating group) is 1. The summed E-state index contributed by atoms with van der Waals surface area (Å²) in [6, 6.07) is 22.9. The Balaban J connectivity index is 1.37. The molecular formula is C49H58N4O9. The van der Waals surface area contributed by atoms with Gasteiger partial charge in [0.25, 0.3) is 5.91 Å². The van der Waals surface area contributed by atoms with Gasteiger partial charge in [0, 0.05) is 56.7 Å². The molecule has 62 heavy (non-hydrogen) atoms. The van der Waals surface area contributed by atoms with Crippen molar-refractivity contribution in [2.75, 3.05) is 33.5 Å². The topological polar surface area (TPSA) is 172 Å². The van der Waals surface area contributed by atoms with Gasteiger partial charge in [-0.3, -0.25) is 4.79 Å². The second kappa shape index (κ2) is 21.0. The number of oxime groups is 1. The highest BCUT2D eigenvalue weighted by Gasteiger charge is 2.65. The van der Waals surface area contributed by atoms with Crippen molar-refractivity contribution < 1.29 is 43.6 Å². The Hall–Kier alpha value is -5.52. The lowest BCUT2D eigenvalue weighted by molar-refractivity contribution is -0.252. The Morgan fingerprint density at radius 3 is 2.52 bits per heavy atom. The van der Waals surface area contributed by atoms with Crippen LogP contribution in [0.15, 0.2) is 102 Å². The highest BCUT2D eigenvalue weighted by atomic mass is 16.8. The van der Waals surface area contributed by atoms with E-state index in [4.69, 9.17) is 28.9 Å². The van der Waals surface area contributed by atoms with Gasteiger partial charge in [0.05, 0.1) is 36.5 Å². The molecule has 3 N–H and O–H groups in total. The van der Waals surface area contributed by atoms with E-state index < -0.39 is 30.1 Å². The lowest BCUT2D eigenvalue weighted by Gasteiger charge is -2.59. The van der Waals surface area contributed by atoms with E-state index in [9.17, 15) is 25.1 Å². The summed E-state index contributed by atoms with van der Waals surface area (Å²) in [6.07, 6.45) is 9.98. The second-order valence-electron chi connectivity index (χ2n) is 16.5. The third-order valence-corrected chi connectivity index (χ3v) is 12.6. The molecule has 2 aliphatic heterocycles. The summed E-state index contributed by atoms with van der Waals surface area (Å²) in [7, 11) is 1.74. The second-order valence-corrected chi connectivity index (χ2v) is 16.5. The van der Waals surface area contributed by atoms with Crippen LogP contribution in [0.1, 0.15) is 97.2 Å². The van der Waals surface area contributed by atoms with Crippen LogP contribution >= 0.6 is 0 Å². The fourth-order valence-corrected chi connectivity index (χ4v) is 9.65. The number of allylic oxidation sites excluding steroid dienone is 1. The minimum atomic E-state index is -1.46. The average Bonchev–Trinajstić information content (AvgIpc) is 3.31. The van der Waals surface area contributed by atoms with E-state index in [0.29, 0.717) is 60.8 Å². The van der Waals surface area contributed by atoms with Crippen LogP contribution < -0.4 is 14.8 Å². The number of aliphatic hydroxyl groups is 2. The molecule has 13 nitrogen and oxygen atoms in total. The molecular weight excluding hydrogens is 789 g/mol. The lowest BCUT2D eigenvalue weighted by atomic mass is 9.55. The molecule has 1 saturated carbocycles. The number of carbonyl (C=O) groups is 2. The highest BCUT2D eigenvalue weighted by Crippen LogP contribution is 2.62. The van der Waals surface area contributed by atoms with Gasteiger partial charge in [0.1, 0.15) is 17.5 Å². The summed E-state index contributed by atoms with van der Waals surface area (Å²) >= 11 is 0. The first-order valence-electron chi connectivity index (χ1n) is 21.9. The average molecular weight is 847 g/mol. The number of carbonyl (C=O) groups excluding carboxylic acids is 2. The minimum Gasteiger partial charge on any atom is -0.459 e. The van der Waals surface area contributed by atoms with Crippen molar-refractivity contribution in [1.82, 2.24) is 10.2 Å². The number of unbranched alkanes of at least 4 members (excludes halogenated alkanes) is 2. The van der Waals surface area contributed by atoms with E-state index in [-0.39, 0.29) is 49.9 Å². The van der Waals surface area contributed by atoms with Gasteiger partial charge in [-0.25, -0.2) is 4.79 Å². The van der Waals surface area contributed by atoms with Gasteiger partial charge in [0.2, 0.25) is 12.1 Å². The lowest BCUT2D eigenvalue weighted by Crippen LogP contribution is -2.69. The third kappa shape index (κ3) is 9.90. The van der Waals surface area contributed by atoms with Crippen LogP contribution in [0.25, 0.3) is 0 Å². The molecule has 0 spiro atoms. The zero-order chi connectivity index (χ0) is 43.5. The molecule has 2 aliphatic carbocycles. The van der Waals surface area contributed by atoms with Gasteiger partial charge in [-0.15, -0.1) is 6.58 Å². The number of amides is 2. The SMILES string of the molecule is C=CCOC12Oc3ccc(OC(=O)NCc4ccccc4)cc3C3C(CCCCO)C(CCCCO)C=C(C(=NOC4CCCCO4)CC1N(C)C(=O)c1ccc(C#N)cc1)C32. The van der Waals surface area contributed by atoms with Crippen LogP contribution in [0.2, 0.25) is 0 Å². The van der Waals surface area contributed by atoms with Crippen molar-refractivity contribution >= 4 is 17.7 Å². The maximum Gasteiger partial charge on any atom is 0.412 e. The number of nitrogens with one attached hydrogen (secondary N) is 1. The van der Waals surface area contributed by atoms with Crippen molar-refractivity contribution in [2.45, 2.75) is 94.8 Å². The number of nitriles is 1. The number of rotatable bonds is 18. The summed E-state index contributed by atoms with van der Waals surface area (Å²) in [5.74, 6) is -1.74. The van der Waals surface area contributed by atoms with Crippen molar-refractivity contribution in [3.63, 3.8) is 0 Å². The maximum atomic E-state index is 14.6. The Bertz CT molecular complexity index is 2110. The first-order chi connectivity index (χ1) is 30.3. The molecule has 0 bridgehead atoms. The third-order valence-electron chi connectivity index (χ3n) is 12.6. The van der Waals surface area contributed by atoms with Crippen molar-refractivity contribution in [2.24, 2.45) is 22.9 Å². The highest BCUT2D eigenvalue weighted by molar-refractivity contribution is 6.03. The number of benzene rings is 3. The number of ether oxygens (including phenoxy) is 4. The van der Waals surface area contributed by atoms with Gasteiger partial charge in [-0.05, 0) is 104 Å². The Kier molecular flexibility index (Phi) is 15.1. The van der Waals surface area contributed by atoms with E-state index >= 15 is 0 Å². The Labute approximate surface area is 363 Å². The van der Waals surface area contributed by atoms with Crippen LogP contribution in [0, 0.1) is 29.1 Å². The van der Waals surface area contributed by atoms with E-state index in [2.05, 4.69) is 24.0 Å². The summed E-state index contributed by atoms with van der Waals surface area (Å²) in [6.45, 7) is 5.11. The number of aliphatic hydroxyl groups excluding tert-OH is 2. The quantitative estimate of drug-likeness (QED) is 0.0652. The normalized spacial score (nSPS) is 25.5. The Morgan fingerprint density at radius 2 is 1.81 bits per heavy atom. The molecule has 7 atom stereocenters. The van der Waals surface area contributed by atoms with Crippen LogP contribution in [0.4, 0.5) is 4.79 Å². The van der Waals surface area contributed by atoms with E-state index in [1.165, 1.54) is 0 Å². The number of nitrogens with zero attached hydrogens (tertiary/aromatic N) is 3. The fourth-order valence-electron chi connectivity index (χ4n) is 9.65. The van der Waals surface area contributed by atoms with E-state index in [1.807, 2.05) is 36.4 Å². The first kappa shape index (κ1) is 44.5. The molecule has 3 aromatic rings. The van der Waals surface area contributed by atoms with Crippen molar-refractivity contribution in [1.29, 1.82) is 5.26 Å². The van der Waals surface area contributed by atoms with Gasteiger partial charge in [-0.1, -0.05) is 60.5 Å². The van der Waals surface area contributed by atoms with Crippen LogP contribution in [-0.4, -0.2) is 84.4 Å². The number of hydrogen-bond donors (Lipinski definition) is 3. The zero-order valence-corrected chi connectivity index (χ0v) is 35.5. The molecule has 1 saturated heterocycles. The zero-order valence-electron chi connectivity index (χ0n) is 35.5. The van der Waals surface area contributed by atoms with Gasteiger partial charge < -0.3 is 44.2 Å². The van der Waals surface area contributed by atoms with Crippen LogP contribution in [0.5, 0.6) is 11.5 Å². The van der Waals surface area contributed by atoms with E-state index in [1.54, 1.807) is 54.4 Å². The van der Waals surface area contributed by atoms with Gasteiger partial charge in [-0.2, -0.15) is 5.26 Å². The summed E-state index contributed by atoms with van der Waals surface area (Å²) in [5.41, 5.74) is 4.13. The molecule has 0 aromatic heterocycles. The van der Waals surface area contributed by atoms with Gasteiger partial charge in [0.15, 0.2) is 0 Å². The molecule has 7 rings (SSSR count). The molecule has 2 amide bonds. The molecule has 2 heterocycles. The standard InChI is InChI=1S/C49H58N4O9/c1-3-26-59-49-43(53(2)47(56)35-20-18-33(31-50)19-21-35)30-41(52-62-44-17-9-12-27-58-44)39-28-36(15-7-10-24-54)38(16-8-11-25-55)45(46(39)49)40-29-37(22-23-42(40)61-49)60-48(57)51-32-34-13-5-4-6-14-34/h3-6,13-14,18-23,28-29,36,38,43-46,54-55H,1,7-12,15-17,24-27,30,32H2,2H3,(H,51,57). The molecule has 13 heteroatoms. The molecule has 0 radical (unpaired) electrons. The summed E-state index contributed by atoms with van der Waals surface area (Å²) in [5, 5.41) is 37.0.